The average Bonchev–Trinajstić information content (AvgIpc) is 2.66. The molecule has 1 unspecified atom stereocenters. The van der Waals surface area contributed by atoms with Crippen molar-refractivity contribution in [1.29, 1.82) is 0 Å². The van der Waals surface area contributed by atoms with Gasteiger partial charge in [-0.15, -0.1) is 0 Å². The highest BCUT2D eigenvalue weighted by atomic mass is 16.7. The molecule has 0 bridgehead atoms. The minimum absolute atomic E-state index is 0.0495. The molecule has 2 heterocycles. The summed E-state index contributed by atoms with van der Waals surface area (Å²) in [4.78, 5) is 4.44. The van der Waals surface area contributed by atoms with Crippen LogP contribution < -0.4 is 4.74 Å². The first-order chi connectivity index (χ1) is 13.0. The van der Waals surface area contributed by atoms with Crippen LogP contribution in [0.4, 0.5) is 5.69 Å². The molecule has 5 N–H and O–H groups in total. The van der Waals surface area contributed by atoms with Crippen LogP contribution in [0.2, 0.25) is 0 Å². The Morgan fingerprint density at radius 2 is 1.93 bits per heavy atom. The van der Waals surface area contributed by atoms with Crippen LogP contribution in [0.25, 0.3) is 0 Å². The van der Waals surface area contributed by atoms with Gasteiger partial charge in [0.15, 0.2) is 17.8 Å². The molecule has 0 aromatic heterocycles. The summed E-state index contributed by atoms with van der Waals surface area (Å²) in [5.41, 5.74) is 1.15. The number of rotatable bonds is 3. The van der Waals surface area contributed by atoms with Gasteiger partial charge in [-0.25, -0.2) is 4.99 Å². The Morgan fingerprint density at radius 3 is 2.70 bits per heavy atom. The van der Waals surface area contributed by atoms with Crippen LogP contribution >= 0.6 is 0 Å². The Labute approximate surface area is 154 Å². The van der Waals surface area contributed by atoms with Gasteiger partial charge in [0.1, 0.15) is 47.7 Å². The van der Waals surface area contributed by atoms with Crippen molar-refractivity contribution in [3.05, 3.63) is 42.2 Å². The third-order valence-electron chi connectivity index (χ3n) is 4.56. The number of phenols is 1. The van der Waals surface area contributed by atoms with E-state index in [2.05, 4.69) is 4.99 Å². The molecule has 1 fully saturated rings. The summed E-state index contributed by atoms with van der Waals surface area (Å²) >= 11 is 0. The molecule has 1 aromatic rings. The number of aliphatic hydroxyl groups excluding tert-OH is 4. The molecule has 0 saturated carbocycles. The second kappa shape index (κ2) is 7.04. The third-order valence-corrected chi connectivity index (χ3v) is 4.56. The van der Waals surface area contributed by atoms with Crippen LogP contribution in [0.1, 0.15) is 0 Å². The number of phenolic OH excluding ortho intramolecular Hbond substituents is 1. The lowest BCUT2D eigenvalue weighted by Gasteiger charge is -2.40. The molecule has 4 rings (SSSR count). The normalized spacial score (nSPS) is 34.8. The minimum atomic E-state index is -1.51. The van der Waals surface area contributed by atoms with E-state index in [4.69, 9.17) is 14.2 Å². The Balaban J connectivity index is 1.51. The number of benzene rings is 1. The number of fused-ring (bicyclic) bond motifs is 2. The molecule has 6 atom stereocenters. The highest BCUT2D eigenvalue weighted by Crippen LogP contribution is 2.37. The molecule has 0 amide bonds. The summed E-state index contributed by atoms with van der Waals surface area (Å²) in [5, 5.41) is 48.6. The first kappa shape index (κ1) is 18.1. The predicted octanol–water partition coefficient (Wildman–Crippen LogP) is -0.504. The van der Waals surface area contributed by atoms with E-state index in [1.54, 1.807) is 24.3 Å². The molecule has 9 nitrogen and oxygen atoms in total. The standard InChI is InChI=1S/C18H19NO8/c20-7-14-15(22)16(23)17(24)18(27-14)25-9-2-4-11-13(6-9)26-12-5-8(21)1-3-10(12)19-11/h1-6,9,14-18,20-24H,7H2/t9?,14-,15+,16+,17-,18-/m0/s1. The fourth-order valence-corrected chi connectivity index (χ4v) is 3.08. The summed E-state index contributed by atoms with van der Waals surface area (Å²) in [6.45, 7) is -0.535. The Kier molecular flexibility index (Phi) is 4.72. The minimum Gasteiger partial charge on any atom is -0.508 e. The van der Waals surface area contributed by atoms with Gasteiger partial charge >= 0.3 is 0 Å². The lowest BCUT2D eigenvalue weighted by molar-refractivity contribution is -0.304. The van der Waals surface area contributed by atoms with E-state index in [1.165, 1.54) is 12.1 Å². The maximum absolute atomic E-state index is 10.1. The molecular formula is C18H19NO8. The second-order valence-corrected chi connectivity index (χ2v) is 6.44. The van der Waals surface area contributed by atoms with Gasteiger partial charge in [-0.3, -0.25) is 0 Å². The summed E-state index contributed by atoms with van der Waals surface area (Å²) in [7, 11) is 0. The van der Waals surface area contributed by atoms with Crippen LogP contribution in [0, 0.1) is 0 Å². The number of hydrogen-bond acceptors (Lipinski definition) is 9. The SMILES string of the molecule is OC[C@@H]1O[C@H](OC2C=CC3=Nc4ccc(O)cc4OC3=C2)[C@@H](O)[C@H](O)[C@@H]1O. The van der Waals surface area contributed by atoms with Gasteiger partial charge < -0.3 is 39.7 Å². The van der Waals surface area contributed by atoms with Crippen molar-refractivity contribution in [2.24, 2.45) is 4.99 Å². The lowest BCUT2D eigenvalue weighted by atomic mass is 9.99. The molecule has 27 heavy (non-hydrogen) atoms. The van der Waals surface area contributed by atoms with Gasteiger partial charge in [-0.2, -0.15) is 0 Å². The van der Waals surface area contributed by atoms with Gasteiger partial charge in [0.25, 0.3) is 0 Å². The maximum Gasteiger partial charge on any atom is 0.187 e. The summed E-state index contributed by atoms with van der Waals surface area (Å²) in [5.74, 6) is 0.852. The smallest absolute Gasteiger partial charge is 0.187 e. The van der Waals surface area contributed by atoms with Crippen molar-refractivity contribution in [2.45, 2.75) is 36.8 Å². The summed E-state index contributed by atoms with van der Waals surface area (Å²) < 4.78 is 16.7. The zero-order chi connectivity index (χ0) is 19.1. The first-order valence-corrected chi connectivity index (χ1v) is 8.42. The monoisotopic (exact) mass is 377 g/mol. The average molecular weight is 377 g/mol. The Morgan fingerprint density at radius 1 is 1.11 bits per heavy atom. The van der Waals surface area contributed by atoms with E-state index in [9.17, 15) is 25.5 Å². The van der Waals surface area contributed by atoms with Gasteiger partial charge in [-0.1, -0.05) is 0 Å². The van der Waals surface area contributed by atoms with Crippen LogP contribution in [-0.4, -0.2) is 74.7 Å². The topological polar surface area (TPSA) is 141 Å². The first-order valence-electron chi connectivity index (χ1n) is 8.42. The number of allylic oxidation sites excluding steroid dienone is 1. The molecule has 0 spiro atoms. The number of aromatic hydroxyl groups is 1. The zero-order valence-electron chi connectivity index (χ0n) is 14.0. The van der Waals surface area contributed by atoms with Crippen molar-refractivity contribution < 1.29 is 39.7 Å². The molecule has 3 aliphatic rings. The van der Waals surface area contributed by atoms with Crippen molar-refractivity contribution >= 4 is 11.4 Å². The second-order valence-electron chi connectivity index (χ2n) is 6.44. The molecule has 1 aliphatic carbocycles. The van der Waals surface area contributed by atoms with Gasteiger partial charge in [0.2, 0.25) is 0 Å². The number of hydrogen-bond donors (Lipinski definition) is 5. The van der Waals surface area contributed by atoms with Crippen molar-refractivity contribution in [3.8, 4) is 11.5 Å². The molecule has 1 saturated heterocycles. The molecule has 144 valence electrons. The summed E-state index contributed by atoms with van der Waals surface area (Å²) in [6, 6.07) is 4.60. The van der Waals surface area contributed by atoms with Gasteiger partial charge in [0, 0.05) is 6.07 Å². The number of aliphatic imine (C=N–C) groups is 1. The Hall–Kier alpha value is -2.27. The fraction of sp³-hybridized carbons (Fsp3) is 0.389. The third kappa shape index (κ3) is 3.36. The fourth-order valence-electron chi connectivity index (χ4n) is 3.08. The number of aliphatic hydroxyl groups is 4. The largest absolute Gasteiger partial charge is 0.508 e. The van der Waals surface area contributed by atoms with E-state index < -0.39 is 43.4 Å². The van der Waals surface area contributed by atoms with Gasteiger partial charge in [0.05, 0.1) is 6.61 Å². The zero-order valence-corrected chi connectivity index (χ0v) is 14.0. The van der Waals surface area contributed by atoms with Crippen molar-refractivity contribution in [3.63, 3.8) is 0 Å². The highest BCUT2D eigenvalue weighted by molar-refractivity contribution is 6.10. The van der Waals surface area contributed by atoms with Crippen LogP contribution in [0.15, 0.2) is 47.2 Å². The molecule has 1 aromatic carbocycles. The van der Waals surface area contributed by atoms with Crippen LogP contribution in [0.5, 0.6) is 11.5 Å². The highest BCUT2D eigenvalue weighted by Gasteiger charge is 2.44. The number of ether oxygens (including phenoxy) is 3. The van der Waals surface area contributed by atoms with E-state index >= 15 is 0 Å². The van der Waals surface area contributed by atoms with E-state index in [1.807, 2.05) is 0 Å². The van der Waals surface area contributed by atoms with Gasteiger partial charge in [-0.05, 0) is 30.4 Å². The van der Waals surface area contributed by atoms with Crippen LogP contribution in [0.3, 0.4) is 0 Å². The molecule has 2 aliphatic heterocycles. The Bertz CT molecular complexity index is 818. The lowest BCUT2D eigenvalue weighted by Crippen LogP contribution is -2.59. The van der Waals surface area contributed by atoms with E-state index in [0.717, 1.165) is 0 Å². The van der Waals surface area contributed by atoms with Crippen molar-refractivity contribution in [1.82, 2.24) is 0 Å². The summed E-state index contributed by atoms with van der Waals surface area (Å²) in [6.07, 6.45) is -2.48. The van der Waals surface area contributed by atoms with E-state index in [0.29, 0.717) is 22.9 Å². The van der Waals surface area contributed by atoms with Crippen molar-refractivity contribution in [2.75, 3.05) is 6.61 Å². The van der Waals surface area contributed by atoms with Crippen LogP contribution in [-0.2, 0) is 9.47 Å². The quantitative estimate of drug-likeness (QED) is 0.475. The number of nitrogens with zero attached hydrogens (tertiary/aromatic N) is 1. The molecular weight excluding hydrogens is 358 g/mol. The molecule has 0 radical (unpaired) electrons. The van der Waals surface area contributed by atoms with E-state index in [-0.39, 0.29) is 5.75 Å². The molecule has 9 heteroatoms. The predicted molar refractivity (Wildman–Crippen MR) is 91.7 cm³/mol. The maximum atomic E-state index is 10.1.